The summed E-state index contributed by atoms with van der Waals surface area (Å²) in [5.74, 6) is 1.98. The number of piperidine rings is 1. The van der Waals surface area contributed by atoms with Crippen LogP contribution in [0.5, 0.6) is 0 Å². The molecular formula is C13H22N4. The van der Waals surface area contributed by atoms with Crippen molar-refractivity contribution < 1.29 is 0 Å². The van der Waals surface area contributed by atoms with Crippen LogP contribution in [0.25, 0.3) is 0 Å². The molecule has 0 amide bonds. The third-order valence-electron chi connectivity index (χ3n) is 4.09. The summed E-state index contributed by atoms with van der Waals surface area (Å²) in [5, 5.41) is 11.7. The molecule has 0 radical (unpaired) electrons. The van der Waals surface area contributed by atoms with Crippen LogP contribution in [0.4, 0.5) is 5.82 Å². The Kier molecular flexibility index (Phi) is 3.05. The first-order valence-electron chi connectivity index (χ1n) is 6.91. The molecule has 2 atom stereocenters. The van der Waals surface area contributed by atoms with E-state index in [2.05, 4.69) is 28.3 Å². The predicted molar refractivity (Wildman–Crippen MR) is 69.3 cm³/mol. The number of aromatic nitrogens is 2. The Morgan fingerprint density at radius 1 is 1.41 bits per heavy atom. The summed E-state index contributed by atoms with van der Waals surface area (Å²) in [6.45, 7) is 5.61. The fraction of sp³-hybridized carbons (Fsp3) is 0.769. The molecule has 2 unspecified atom stereocenters. The van der Waals surface area contributed by atoms with Gasteiger partial charge in [-0.1, -0.05) is 6.92 Å². The van der Waals surface area contributed by atoms with E-state index < -0.39 is 0 Å². The third kappa shape index (κ3) is 2.06. The first-order chi connectivity index (χ1) is 8.38. The molecule has 0 aliphatic carbocycles. The van der Waals surface area contributed by atoms with Crippen LogP contribution in [0.15, 0.2) is 6.07 Å². The molecule has 2 N–H and O–H groups in total. The highest BCUT2D eigenvalue weighted by Gasteiger charge is 2.29. The first kappa shape index (κ1) is 11.1. The molecule has 4 nitrogen and oxygen atoms in total. The molecule has 1 aromatic rings. The predicted octanol–water partition coefficient (Wildman–Crippen LogP) is 1.80. The van der Waals surface area contributed by atoms with Crippen LogP contribution in [0, 0.1) is 5.92 Å². The van der Waals surface area contributed by atoms with Crippen molar-refractivity contribution in [1.29, 1.82) is 0 Å². The Hall–Kier alpha value is -1.03. The first-order valence-corrected chi connectivity index (χ1v) is 6.91. The molecule has 3 rings (SSSR count). The molecule has 3 heterocycles. The molecule has 1 fully saturated rings. The molecule has 17 heavy (non-hydrogen) atoms. The maximum atomic E-state index is 4.75. The van der Waals surface area contributed by atoms with Gasteiger partial charge in [0.25, 0.3) is 0 Å². The zero-order valence-electron chi connectivity index (χ0n) is 10.6. The number of rotatable bonds is 2. The van der Waals surface area contributed by atoms with Crippen molar-refractivity contribution in [3.8, 4) is 0 Å². The largest absolute Gasteiger partial charge is 0.370 e. The molecule has 4 heteroatoms. The normalized spacial score (nSPS) is 28.5. The van der Waals surface area contributed by atoms with E-state index in [1.54, 1.807) is 0 Å². The summed E-state index contributed by atoms with van der Waals surface area (Å²) in [4.78, 5) is 0. The van der Waals surface area contributed by atoms with Gasteiger partial charge >= 0.3 is 0 Å². The fourth-order valence-electron chi connectivity index (χ4n) is 3.12. The van der Waals surface area contributed by atoms with Gasteiger partial charge in [0, 0.05) is 12.6 Å². The molecule has 2 aliphatic heterocycles. The van der Waals surface area contributed by atoms with E-state index in [-0.39, 0.29) is 0 Å². The van der Waals surface area contributed by atoms with Gasteiger partial charge in [-0.3, -0.25) is 0 Å². The van der Waals surface area contributed by atoms with E-state index in [1.807, 2.05) is 0 Å². The van der Waals surface area contributed by atoms with Crippen LogP contribution < -0.4 is 10.6 Å². The van der Waals surface area contributed by atoms with Crippen molar-refractivity contribution in [3.05, 3.63) is 11.8 Å². The SMILES string of the molecule is CCc1cc2n(n1)C(C1CCCNC1)CCN2. The number of fused-ring (bicyclic) bond motifs is 1. The Morgan fingerprint density at radius 3 is 3.12 bits per heavy atom. The summed E-state index contributed by atoms with van der Waals surface area (Å²) < 4.78 is 2.25. The summed E-state index contributed by atoms with van der Waals surface area (Å²) >= 11 is 0. The number of hydrogen-bond acceptors (Lipinski definition) is 3. The Labute approximate surface area is 103 Å². The van der Waals surface area contributed by atoms with Crippen molar-refractivity contribution in [2.75, 3.05) is 25.0 Å². The zero-order chi connectivity index (χ0) is 11.7. The van der Waals surface area contributed by atoms with E-state index in [4.69, 9.17) is 5.10 Å². The van der Waals surface area contributed by atoms with Gasteiger partial charge in [-0.2, -0.15) is 5.10 Å². The van der Waals surface area contributed by atoms with Crippen LogP contribution in [0.1, 0.15) is 37.9 Å². The van der Waals surface area contributed by atoms with E-state index in [1.165, 1.54) is 37.3 Å². The lowest BCUT2D eigenvalue weighted by atomic mass is 9.89. The highest BCUT2D eigenvalue weighted by atomic mass is 15.4. The molecule has 1 saturated heterocycles. The number of aryl methyl sites for hydroxylation is 1. The Morgan fingerprint density at radius 2 is 2.35 bits per heavy atom. The summed E-state index contributed by atoms with van der Waals surface area (Å²) in [6.07, 6.45) is 4.89. The Balaban J connectivity index is 1.84. The maximum absolute atomic E-state index is 4.75. The van der Waals surface area contributed by atoms with Crippen LogP contribution in [0.3, 0.4) is 0 Å². The maximum Gasteiger partial charge on any atom is 0.124 e. The summed E-state index contributed by atoms with van der Waals surface area (Å²) in [7, 11) is 0. The smallest absolute Gasteiger partial charge is 0.124 e. The van der Waals surface area contributed by atoms with Crippen molar-refractivity contribution in [2.45, 2.75) is 38.6 Å². The standard InChI is InChI=1S/C13H22N4/c1-2-11-8-13-15-7-5-12(17(13)16-11)10-4-3-6-14-9-10/h8,10,12,14-15H,2-7,9H2,1H3. The summed E-state index contributed by atoms with van der Waals surface area (Å²) in [6, 6.07) is 2.81. The molecule has 0 aromatic carbocycles. The van der Waals surface area contributed by atoms with Crippen molar-refractivity contribution in [2.24, 2.45) is 5.92 Å². The van der Waals surface area contributed by atoms with Crippen LogP contribution >= 0.6 is 0 Å². The third-order valence-corrected chi connectivity index (χ3v) is 4.09. The average Bonchev–Trinajstić information content (AvgIpc) is 2.82. The molecule has 1 aromatic heterocycles. The topological polar surface area (TPSA) is 41.9 Å². The average molecular weight is 234 g/mol. The summed E-state index contributed by atoms with van der Waals surface area (Å²) in [5.41, 5.74) is 1.21. The van der Waals surface area contributed by atoms with Gasteiger partial charge in [-0.15, -0.1) is 0 Å². The Bertz CT molecular complexity index is 379. The van der Waals surface area contributed by atoms with Crippen molar-refractivity contribution >= 4 is 5.82 Å². The highest BCUT2D eigenvalue weighted by molar-refractivity contribution is 5.39. The molecule has 94 valence electrons. The molecular weight excluding hydrogens is 212 g/mol. The molecule has 0 spiro atoms. The van der Waals surface area contributed by atoms with E-state index in [0.29, 0.717) is 6.04 Å². The van der Waals surface area contributed by atoms with Gasteiger partial charge in [0.15, 0.2) is 0 Å². The quantitative estimate of drug-likeness (QED) is 0.820. The lowest BCUT2D eigenvalue weighted by Gasteiger charge is -2.34. The van der Waals surface area contributed by atoms with Gasteiger partial charge in [-0.05, 0) is 44.7 Å². The van der Waals surface area contributed by atoms with Gasteiger partial charge in [-0.25, -0.2) is 4.68 Å². The minimum Gasteiger partial charge on any atom is -0.370 e. The van der Waals surface area contributed by atoms with Crippen molar-refractivity contribution in [3.63, 3.8) is 0 Å². The van der Waals surface area contributed by atoms with E-state index in [0.717, 1.165) is 25.4 Å². The van der Waals surface area contributed by atoms with Gasteiger partial charge in [0.2, 0.25) is 0 Å². The number of nitrogens with zero attached hydrogens (tertiary/aromatic N) is 2. The minimum absolute atomic E-state index is 0.597. The van der Waals surface area contributed by atoms with E-state index in [9.17, 15) is 0 Å². The second-order valence-corrected chi connectivity index (χ2v) is 5.21. The number of hydrogen-bond donors (Lipinski definition) is 2. The van der Waals surface area contributed by atoms with Crippen LogP contribution in [-0.2, 0) is 6.42 Å². The van der Waals surface area contributed by atoms with Gasteiger partial charge < -0.3 is 10.6 Å². The number of nitrogens with one attached hydrogen (secondary N) is 2. The van der Waals surface area contributed by atoms with Crippen LogP contribution in [0.2, 0.25) is 0 Å². The second-order valence-electron chi connectivity index (χ2n) is 5.21. The van der Waals surface area contributed by atoms with Gasteiger partial charge in [0.1, 0.15) is 5.82 Å². The fourth-order valence-corrected chi connectivity index (χ4v) is 3.12. The highest BCUT2D eigenvalue weighted by Crippen LogP contribution is 2.33. The van der Waals surface area contributed by atoms with Crippen LogP contribution in [-0.4, -0.2) is 29.4 Å². The molecule has 0 saturated carbocycles. The van der Waals surface area contributed by atoms with Gasteiger partial charge in [0.05, 0.1) is 11.7 Å². The second kappa shape index (κ2) is 4.69. The van der Waals surface area contributed by atoms with E-state index >= 15 is 0 Å². The molecule has 0 bridgehead atoms. The molecule has 2 aliphatic rings. The van der Waals surface area contributed by atoms with Crippen molar-refractivity contribution in [1.82, 2.24) is 15.1 Å². The zero-order valence-corrected chi connectivity index (χ0v) is 10.6. The minimum atomic E-state index is 0.597. The monoisotopic (exact) mass is 234 g/mol. The number of anilines is 1. The lowest BCUT2D eigenvalue weighted by Crippen LogP contribution is -2.38. The lowest BCUT2D eigenvalue weighted by molar-refractivity contribution is 0.235.